The van der Waals surface area contributed by atoms with E-state index in [1.54, 1.807) is 6.07 Å². The highest BCUT2D eigenvalue weighted by molar-refractivity contribution is 6.32. The van der Waals surface area contributed by atoms with Gasteiger partial charge in [-0.15, -0.1) is 12.4 Å². The van der Waals surface area contributed by atoms with Gasteiger partial charge in [0.25, 0.3) is 5.69 Å². The summed E-state index contributed by atoms with van der Waals surface area (Å²) < 4.78 is 0. The number of benzene rings is 1. The fourth-order valence-corrected chi connectivity index (χ4v) is 1.68. The number of hydrogen-bond acceptors (Lipinski definition) is 4. The molecule has 0 atom stereocenters. The predicted molar refractivity (Wildman–Crippen MR) is 75.6 cm³/mol. The SMILES string of the molecule is CNCCN(C)Cc1ccc(Cl)c([N+](=O)[O-])c1.Cl. The lowest BCUT2D eigenvalue weighted by Gasteiger charge is -2.16. The van der Waals surface area contributed by atoms with Crippen molar-refractivity contribution in [2.24, 2.45) is 0 Å². The fourth-order valence-electron chi connectivity index (χ4n) is 1.49. The number of nitro benzene ring substituents is 1. The van der Waals surface area contributed by atoms with Crippen molar-refractivity contribution in [2.45, 2.75) is 6.54 Å². The van der Waals surface area contributed by atoms with E-state index in [1.165, 1.54) is 6.07 Å². The van der Waals surface area contributed by atoms with Crippen LogP contribution in [0.2, 0.25) is 5.02 Å². The van der Waals surface area contributed by atoms with Gasteiger partial charge in [0.05, 0.1) is 4.92 Å². The highest BCUT2D eigenvalue weighted by Crippen LogP contribution is 2.25. The van der Waals surface area contributed by atoms with Gasteiger partial charge in [-0.25, -0.2) is 0 Å². The summed E-state index contributed by atoms with van der Waals surface area (Å²) in [5.74, 6) is 0. The number of nitro groups is 1. The minimum absolute atomic E-state index is 0. The van der Waals surface area contributed by atoms with E-state index in [4.69, 9.17) is 11.6 Å². The van der Waals surface area contributed by atoms with E-state index in [2.05, 4.69) is 10.2 Å². The van der Waals surface area contributed by atoms with Crippen molar-refractivity contribution in [3.8, 4) is 0 Å². The Kier molecular flexibility index (Phi) is 7.86. The highest BCUT2D eigenvalue weighted by Gasteiger charge is 2.13. The number of rotatable bonds is 6. The molecule has 1 aromatic rings. The standard InChI is InChI=1S/C11H16ClN3O2.ClH/c1-13-5-6-14(2)8-9-3-4-10(12)11(7-9)15(16)17;/h3-4,7,13H,5-6,8H2,1-2H3;1H. The molecule has 0 radical (unpaired) electrons. The highest BCUT2D eigenvalue weighted by atomic mass is 35.5. The molecule has 1 rings (SSSR count). The molecule has 0 aliphatic heterocycles. The Hall–Kier alpha value is -0.880. The molecule has 102 valence electrons. The molecule has 0 aliphatic rings. The Bertz CT molecular complexity index is 402. The molecule has 5 nitrogen and oxygen atoms in total. The number of hydrogen-bond donors (Lipinski definition) is 1. The second kappa shape index (κ2) is 8.26. The fraction of sp³-hybridized carbons (Fsp3) is 0.455. The molecule has 1 N–H and O–H groups in total. The molecule has 0 aromatic heterocycles. The number of nitrogens with one attached hydrogen (secondary N) is 1. The zero-order chi connectivity index (χ0) is 12.8. The van der Waals surface area contributed by atoms with Crippen LogP contribution < -0.4 is 5.32 Å². The van der Waals surface area contributed by atoms with E-state index in [0.717, 1.165) is 18.7 Å². The average molecular weight is 294 g/mol. The molecule has 0 fully saturated rings. The first-order valence-corrected chi connectivity index (χ1v) is 5.68. The predicted octanol–water partition coefficient (Wildman–Crippen LogP) is 2.32. The third-order valence-corrected chi connectivity index (χ3v) is 2.72. The van der Waals surface area contributed by atoms with Crippen LogP contribution in [0.1, 0.15) is 5.56 Å². The van der Waals surface area contributed by atoms with Crippen molar-refractivity contribution < 1.29 is 4.92 Å². The van der Waals surface area contributed by atoms with Crippen LogP contribution in [-0.4, -0.2) is 37.0 Å². The van der Waals surface area contributed by atoms with Crippen molar-refractivity contribution in [2.75, 3.05) is 27.2 Å². The maximum atomic E-state index is 10.7. The smallest absolute Gasteiger partial charge is 0.288 e. The van der Waals surface area contributed by atoms with Gasteiger partial charge in [0.2, 0.25) is 0 Å². The second-order valence-corrected chi connectivity index (χ2v) is 4.29. The van der Waals surface area contributed by atoms with Gasteiger partial charge in [-0.3, -0.25) is 10.1 Å². The molecular formula is C11H17Cl2N3O2. The van der Waals surface area contributed by atoms with Crippen LogP contribution in [0.4, 0.5) is 5.69 Å². The summed E-state index contributed by atoms with van der Waals surface area (Å²) in [6.07, 6.45) is 0. The monoisotopic (exact) mass is 293 g/mol. The summed E-state index contributed by atoms with van der Waals surface area (Å²) in [5, 5.41) is 14.0. The number of likely N-dealkylation sites (N-methyl/N-ethyl adjacent to an activating group) is 2. The Labute approximate surface area is 118 Å². The van der Waals surface area contributed by atoms with Crippen LogP contribution in [0, 0.1) is 10.1 Å². The summed E-state index contributed by atoms with van der Waals surface area (Å²) in [6.45, 7) is 2.43. The Morgan fingerprint density at radius 1 is 1.50 bits per heavy atom. The van der Waals surface area contributed by atoms with Crippen molar-refractivity contribution in [3.63, 3.8) is 0 Å². The van der Waals surface area contributed by atoms with E-state index in [-0.39, 0.29) is 23.1 Å². The first kappa shape index (κ1) is 17.1. The van der Waals surface area contributed by atoms with E-state index >= 15 is 0 Å². The summed E-state index contributed by atoms with van der Waals surface area (Å²) in [5.41, 5.74) is 0.853. The molecule has 0 aliphatic carbocycles. The average Bonchev–Trinajstić information content (AvgIpc) is 2.28. The topological polar surface area (TPSA) is 58.4 Å². The summed E-state index contributed by atoms with van der Waals surface area (Å²) in [7, 11) is 3.86. The lowest BCUT2D eigenvalue weighted by molar-refractivity contribution is -0.384. The molecule has 0 saturated carbocycles. The van der Waals surface area contributed by atoms with Crippen molar-refractivity contribution in [1.82, 2.24) is 10.2 Å². The van der Waals surface area contributed by atoms with Crippen LogP contribution in [-0.2, 0) is 6.54 Å². The third-order valence-electron chi connectivity index (χ3n) is 2.40. The second-order valence-electron chi connectivity index (χ2n) is 3.88. The number of halogens is 2. The maximum absolute atomic E-state index is 10.7. The molecular weight excluding hydrogens is 277 g/mol. The first-order valence-electron chi connectivity index (χ1n) is 5.30. The minimum Gasteiger partial charge on any atom is -0.318 e. The van der Waals surface area contributed by atoms with E-state index in [0.29, 0.717) is 6.54 Å². The molecule has 7 heteroatoms. The molecule has 0 saturated heterocycles. The number of nitrogens with zero attached hydrogens (tertiary/aromatic N) is 2. The summed E-state index contributed by atoms with van der Waals surface area (Å²) >= 11 is 5.75. The van der Waals surface area contributed by atoms with Gasteiger partial charge < -0.3 is 10.2 Å². The van der Waals surface area contributed by atoms with E-state index in [9.17, 15) is 10.1 Å². The van der Waals surface area contributed by atoms with Gasteiger partial charge in [-0.2, -0.15) is 0 Å². The largest absolute Gasteiger partial charge is 0.318 e. The molecule has 18 heavy (non-hydrogen) atoms. The molecule has 0 spiro atoms. The molecule has 1 aromatic carbocycles. The molecule has 0 unspecified atom stereocenters. The van der Waals surface area contributed by atoms with Gasteiger partial charge in [0, 0.05) is 25.7 Å². The lowest BCUT2D eigenvalue weighted by Crippen LogP contribution is -2.26. The summed E-state index contributed by atoms with van der Waals surface area (Å²) in [4.78, 5) is 12.4. The molecule has 0 amide bonds. The van der Waals surface area contributed by atoms with Crippen molar-refractivity contribution in [1.29, 1.82) is 0 Å². The van der Waals surface area contributed by atoms with Crippen LogP contribution in [0.25, 0.3) is 0 Å². The lowest BCUT2D eigenvalue weighted by atomic mass is 10.2. The van der Waals surface area contributed by atoms with Crippen LogP contribution in [0.15, 0.2) is 18.2 Å². The maximum Gasteiger partial charge on any atom is 0.288 e. The minimum atomic E-state index is -0.459. The van der Waals surface area contributed by atoms with Crippen LogP contribution >= 0.6 is 24.0 Å². The summed E-state index contributed by atoms with van der Waals surface area (Å²) in [6, 6.07) is 4.91. The normalized spacial score (nSPS) is 10.2. The molecule has 0 bridgehead atoms. The van der Waals surface area contributed by atoms with Gasteiger partial charge in [-0.05, 0) is 25.7 Å². The quantitative estimate of drug-likeness (QED) is 0.646. The molecule has 0 heterocycles. The van der Waals surface area contributed by atoms with Crippen LogP contribution in [0.3, 0.4) is 0 Å². The first-order chi connectivity index (χ1) is 8.04. The Balaban J connectivity index is 0.00000289. The Morgan fingerprint density at radius 3 is 2.72 bits per heavy atom. The van der Waals surface area contributed by atoms with E-state index in [1.807, 2.05) is 20.2 Å². The van der Waals surface area contributed by atoms with Gasteiger partial charge in [0.1, 0.15) is 5.02 Å². The zero-order valence-electron chi connectivity index (χ0n) is 10.4. The van der Waals surface area contributed by atoms with Crippen molar-refractivity contribution in [3.05, 3.63) is 38.9 Å². The van der Waals surface area contributed by atoms with Gasteiger partial charge in [0.15, 0.2) is 0 Å². The Morgan fingerprint density at radius 2 is 2.17 bits per heavy atom. The van der Waals surface area contributed by atoms with Crippen molar-refractivity contribution >= 4 is 29.7 Å². The van der Waals surface area contributed by atoms with Crippen LogP contribution in [0.5, 0.6) is 0 Å². The third kappa shape index (κ3) is 5.18. The van der Waals surface area contributed by atoms with E-state index < -0.39 is 4.92 Å². The van der Waals surface area contributed by atoms with Gasteiger partial charge in [-0.1, -0.05) is 17.7 Å². The van der Waals surface area contributed by atoms with Gasteiger partial charge >= 0.3 is 0 Å². The zero-order valence-corrected chi connectivity index (χ0v) is 11.9.